The number of benzene rings is 1. The van der Waals surface area contributed by atoms with Crippen molar-refractivity contribution in [2.75, 3.05) is 20.3 Å². The second kappa shape index (κ2) is 9.68. The smallest absolute Gasteiger partial charge is 0.329 e. The Labute approximate surface area is 159 Å². The topological polar surface area (TPSA) is 84.7 Å². The number of ether oxygens (including phenoxy) is 1. The molecule has 1 aromatic heterocycles. The lowest BCUT2D eigenvalue weighted by atomic mass is 10.2. The van der Waals surface area contributed by atoms with Crippen molar-refractivity contribution in [1.82, 2.24) is 15.3 Å². The van der Waals surface area contributed by atoms with E-state index in [0.29, 0.717) is 19.6 Å². The number of hydrogen-bond donors (Lipinski definition) is 2. The molecule has 0 aliphatic heterocycles. The van der Waals surface area contributed by atoms with Gasteiger partial charge < -0.3 is 14.6 Å². The molecule has 0 aliphatic rings. The summed E-state index contributed by atoms with van der Waals surface area (Å²) in [4.78, 5) is 23.4. The molecular weight excluding hydrogens is 344 g/mol. The fraction of sp³-hybridized carbons (Fsp3) is 0.350. The van der Waals surface area contributed by atoms with Crippen molar-refractivity contribution in [2.45, 2.75) is 27.2 Å². The van der Waals surface area contributed by atoms with Crippen molar-refractivity contribution in [3.63, 3.8) is 0 Å². The summed E-state index contributed by atoms with van der Waals surface area (Å²) in [7, 11) is 1.58. The molecule has 0 radical (unpaired) electrons. The van der Waals surface area contributed by atoms with Crippen LogP contribution in [0.15, 0.2) is 35.4 Å². The Morgan fingerprint density at radius 2 is 1.93 bits per heavy atom. The Kier molecular flexibility index (Phi) is 7.31. The lowest BCUT2D eigenvalue weighted by molar-refractivity contribution is -0.139. The Balaban J connectivity index is 2.02. The maximum absolute atomic E-state index is 11.7. The number of nitrogens with zero attached hydrogens (tertiary/aromatic N) is 2. The normalized spacial score (nSPS) is 11.0. The lowest BCUT2D eigenvalue weighted by Gasteiger charge is -2.12. The first kappa shape index (κ1) is 20.4. The first-order valence-electron chi connectivity index (χ1n) is 8.80. The number of carbonyl (C=O) groups excluding carboxylic acids is 2. The zero-order valence-corrected chi connectivity index (χ0v) is 16.2. The summed E-state index contributed by atoms with van der Waals surface area (Å²) < 4.78 is 7.02. The van der Waals surface area contributed by atoms with Gasteiger partial charge in [0.05, 0.1) is 6.21 Å². The number of hydrazone groups is 1. The van der Waals surface area contributed by atoms with Crippen LogP contribution in [0.2, 0.25) is 0 Å². The molecule has 27 heavy (non-hydrogen) atoms. The minimum atomic E-state index is -0.795. The van der Waals surface area contributed by atoms with Crippen LogP contribution in [0.25, 0.3) is 5.69 Å². The standard InChI is InChI=1S/C20H26N4O3/c1-14-8-5-6-9-18(14)24-15(2)12-17(16(24)3)13-22-23-20(26)19(25)21-10-7-11-27-4/h5-6,8-9,12-13H,7,10-11H2,1-4H3,(H,21,25)(H,23,26)/b22-13-. The SMILES string of the molecule is COCCCNC(=O)C(=O)N/N=C\c1cc(C)n(-c2ccccc2C)c1C. The highest BCUT2D eigenvalue weighted by Crippen LogP contribution is 2.22. The molecule has 1 aromatic carbocycles. The van der Waals surface area contributed by atoms with Gasteiger partial charge in [-0.1, -0.05) is 18.2 Å². The van der Waals surface area contributed by atoms with E-state index in [2.05, 4.69) is 39.5 Å². The van der Waals surface area contributed by atoms with Gasteiger partial charge in [-0.15, -0.1) is 0 Å². The average molecular weight is 370 g/mol. The number of hydrogen-bond acceptors (Lipinski definition) is 4. The van der Waals surface area contributed by atoms with E-state index >= 15 is 0 Å². The summed E-state index contributed by atoms with van der Waals surface area (Å²) in [6.45, 7) is 6.97. The van der Waals surface area contributed by atoms with Gasteiger partial charge in [-0.25, -0.2) is 5.43 Å². The van der Waals surface area contributed by atoms with Crippen LogP contribution in [0, 0.1) is 20.8 Å². The fourth-order valence-corrected chi connectivity index (χ4v) is 2.81. The molecule has 0 bridgehead atoms. The molecular formula is C20H26N4O3. The Bertz CT molecular complexity index is 840. The quantitative estimate of drug-likeness (QED) is 0.338. The van der Waals surface area contributed by atoms with Crippen LogP contribution >= 0.6 is 0 Å². The predicted octanol–water partition coefficient (Wildman–Crippen LogP) is 2.01. The number of nitrogens with one attached hydrogen (secondary N) is 2. The molecule has 2 amide bonds. The molecule has 2 rings (SSSR count). The molecule has 2 N–H and O–H groups in total. The van der Waals surface area contributed by atoms with Crippen molar-refractivity contribution in [3.8, 4) is 5.69 Å². The van der Waals surface area contributed by atoms with Gasteiger partial charge in [0.1, 0.15) is 0 Å². The molecule has 0 aliphatic carbocycles. The van der Waals surface area contributed by atoms with Crippen molar-refractivity contribution in [3.05, 3.63) is 52.8 Å². The highest BCUT2D eigenvalue weighted by Gasteiger charge is 2.13. The molecule has 7 nitrogen and oxygen atoms in total. The number of amides is 2. The molecule has 0 spiro atoms. The van der Waals surface area contributed by atoms with E-state index in [9.17, 15) is 9.59 Å². The molecule has 0 saturated carbocycles. The summed E-state index contributed by atoms with van der Waals surface area (Å²) in [6, 6.07) is 10.1. The maximum atomic E-state index is 11.7. The first-order valence-corrected chi connectivity index (χ1v) is 8.80. The Morgan fingerprint density at radius 3 is 2.63 bits per heavy atom. The van der Waals surface area contributed by atoms with Crippen LogP contribution in [0.3, 0.4) is 0 Å². The van der Waals surface area contributed by atoms with Crippen LogP contribution < -0.4 is 10.7 Å². The number of aryl methyl sites for hydroxylation is 2. The van der Waals surface area contributed by atoms with Crippen LogP contribution in [0.4, 0.5) is 0 Å². The van der Waals surface area contributed by atoms with Crippen LogP contribution in [0.1, 0.15) is 28.9 Å². The molecule has 1 heterocycles. The van der Waals surface area contributed by atoms with Gasteiger partial charge in [0.25, 0.3) is 0 Å². The molecule has 144 valence electrons. The highest BCUT2D eigenvalue weighted by atomic mass is 16.5. The monoisotopic (exact) mass is 370 g/mol. The second-order valence-corrected chi connectivity index (χ2v) is 6.25. The zero-order valence-electron chi connectivity index (χ0n) is 16.2. The van der Waals surface area contributed by atoms with Crippen molar-refractivity contribution in [2.24, 2.45) is 5.10 Å². The van der Waals surface area contributed by atoms with Gasteiger partial charge in [-0.2, -0.15) is 5.10 Å². The zero-order chi connectivity index (χ0) is 19.8. The van der Waals surface area contributed by atoms with E-state index in [1.807, 2.05) is 32.0 Å². The van der Waals surface area contributed by atoms with E-state index in [0.717, 1.165) is 22.6 Å². The van der Waals surface area contributed by atoms with Gasteiger partial charge in [-0.05, 0) is 44.9 Å². The Morgan fingerprint density at radius 1 is 1.19 bits per heavy atom. The van der Waals surface area contributed by atoms with E-state index in [1.54, 1.807) is 13.3 Å². The number of carbonyl (C=O) groups is 2. The van der Waals surface area contributed by atoms with Crippen LogP contribution in [0.5, 0.6) is 0 Å². The second-order valence-electron chi connectivity index (χ2n) is 6.25. The van der Waals surface area contributed by atoms with Gasteiger partial charge >= 0.3 is 11.8 Å². The first-order chi connectivity index (χ1) is 13.0. The summed E-state index contributed by atoms with van der Waals surface area (Å²) >= 11 is 0. The molecule has 0 fully saturated rings. The predicted molar refractivity (Wildman–Crippen MR) is 105 cm³/mol. The summed E-state index contributed by atoms with van der Waals surface area (Å²) in [5.41, 5.74) is 7.46. The van der Waals surface area contributed by atoms with Gasteiger partial charge in [0, 0.05) is 42.9 Å². The van der Waals surface area contributed by atoms with E-state index in [1.165, 1.54) is 5.56 Å². The largest absolute Gasteiger partial charge is 0.385 e. The number of rotatable bonds is 7. The molecule has 0 unspecified atom stereocenters. The molecule has 7 heteroatoms. The molecule has 0 atom stereocenters. The van der Waals surface area contributed by atoms with E-state index < -0.39 is 11.8 Å². The third-order valence-corrected chi connectivity index (χ3v) is 4.21. The summed E-state index contributed by atoms with van der Waals surface area (Å²) in [5.74, 6) is -1.51. The van der Waals surface area contributed by atoms with E-state index in [-0.39, 0.29) is 0 Å². The number of methoxy groups -OCH3 is 1. The van der Waals surface area contributed by atoms with Gasteiger partial charge in [0.15, 0.2) is 0 Å². The average Bonchev–Trinajstić information content (AvgIpc) is 2.92. The third kappa shape index (κ3) is 5.27. The molecule has 0 saturated heterocycles. The fourth-order valence-electron chi connectivity index (χ4n) is 2.81. The summed E-state index contributed by atoms with van der Waals surface area (Å²) in [5, 5.41) is 6.42. The van der Waals surface area contributed by atoms with Crippen molar-refractivity contribution in [1.29, 1.82) is 0 Å². The van der Waals surface area contributed by atoms with Crippen molar-refractivity contribution >= 4 is 18.0 Å². The highest BCUT2D eigenvalue weighted by molar-refractivity contribution is 6.35. The summed E-state index contributed by atoms with van der Waals surface area (Å²) in [6.07, 6.45) is 2.19. The van der Waals surface area contributed by atoms with Gasteiger partial charge in [-0.3, -0.25) is 9.59 Å². The minimum Gasteiger partial charge on any atom is -0.385 e. The van der Waals surface area contributed by atoms with Crippen LogP contribution in [-0.4, -0.2) is 42.9 Å². The number of para-hydroxylation sites is 1. The minimum absolute atomic E-state index is 0.376. The number of aromatic nitrogens is 1. The third-order valence-electron chi connectivity index (χ3n) is 4.21. The van der Waals surface area contributed by atoms with Crippen LogP contribution in [-0.2, 0) is 14.3 Å². The Hall–Kier alpha value is -2.93. The van der Waals surface area contributed by atoms with Gasteiger partial charge in [0.2, 0.25) is 0 Å². The maximum Gasteiger partial charge on any atom is 0.329 e. The van der Waals surface area contributed by atoms with E-state index in [4.69, 9.17) is 4.74 Å². The van der Waals surface area contributed by atoms with Crippen molar-refractivity contribution < 1.29 is 14.3 Å². The lowest BCUT2D eigenvalue weighted by Crippen LogP contribution is -2.38. The molecule has 2 aromatic rings.